The minimum Gasteiger partial charge on any atom is -0.264 e. The molecule has 1 aromatic rings. The maximum atomic E-state index is 12.0. The lowest BCUT2D eigenvalue weighted by molar-refractivity contribution is 0.414. The lowest BCUT2D eigenvalue weighted by Crippen LogP contribution is -2.33. The van der Waals surface area contributed by atoms with Gasteiger partial charge in [-0.15, -0.1) is 11.6 Å². The minimum atomic E-state index is -3.42. The van der Waals surface area contributed by atoms with Crippen LogP contribution in [-0.4, -0.2) is 35.9 Å². The van der Waals surface area contributed by atoms with Crippen LogP contribution in [0.1, 0.15) is 12.0 Å². The third-order valence-electron chi connectivity index (χ3n) is 2.28. The molecule has 0 aliphatic rings. The lowest BCUT2D eigenvalue weighted by atomic mass is 10.3. The molecule has 98 valence electrons. The standard InChI is InChI=1S/C11H14ClN3O2S/c12-4-8-18(16,17)15(7-2-5-13)10-11-3-1-6-14-9-11/h1,3,6,9H,2,4,7-8,10H2. The van der Waals surface area contributed by atoms with Gasteiger partial charge in [0.05, 0.1) is 11.8 Å². The number of nitriles is 1. The van der Waals surface area contributed by atoms with Crippen molar-refractivity contribution in [1.82, 2.24) is 9.29 Å². The summed E-state index contributed by atoms with van der Waals surface area (Å²) in [5.74, 6) is -0.0846. The zero-order valence-corrected chi connectivity index (χ0v) is 11.4. The van der Waals surface area contributed by atoms with E-state index < -0.39 is 10.0 Å². The van der Waals surface area contributed by atoms with E-state index in [0.29, 0.717) is 0 Å². The molecule has 0 aliphatic heterocycles. The molecule has 7 heteroatoms. The van der Waals surface area contributed by atoms with Gasteiger partial charge in [0.25, 0.3) is 0 Å². The summed E-state index contributed by atoms with van der Waals surface area (Å²) in [7, 11) is -3.42. The molecule has 18 heavy (non-hydrogen) atoms. The smallest absolute Gasteiger partial charge is 0.215 e. The van der Waals surface area contributed by atoms with E-state index in [4.69, 9.17) is 16.9 Å². The maximum absolute atomic E-state index is 12.0. The second-order valence-corrected chi connectivity index (χ2v) is 6.07. The van der Waals surface area contributed by atoms with Crippen LogP contribution >= 0.6 is 11.6 Å². The molecule has 1 heterocycles. The second kappa shape index (κ2) is 7.31. The summed E-state index contributed by atoms with van der Waals surface area (Å²) in [5.41, 5.74) is 0.786. The minimum absolute atomic E-state index is 0.0401. The van der Waals surface area contributed by atoms with Gasteiger partial charge in [0, 0.05) is 37.8 Å². The molecule has 0 bridgehead atoms. The fourth-order valence-corrected chi connectivity index (χ4v) is 3.17. The van der Waals surface area contributed by atoms with E-state index in [1.807, 2.05) is 6.07 Å². The van der Waals surface area contributed by atoms with E-state index in [2.05, 4.69) is 4.98 Å². The molecule has 0 N–H and O–H groups in total. The molecule has 0 aromatic carbocycles. The van der Waals surface area contributed by atoms with Crippen molar-refractivity contribution in [2.24, 2.45) is 0 Å². The van der Waals surface area contributed by atoms with E-state index in [0.717, 1.165) is 5.56 Å². The Hall–Kier alpha value is -1.16. The van der Waals surface area contributed by atoms with Crippen molar-refractivity contribution in [2.45, 2.75) is 13.0 Å². The van der Waals surface area contributed by atoms with Crippen LogP contribution in [0.3, 0.4) is 0 Å². The third-order valence-corrected chi connectivity index (χ3v) is 4.51. The zero-order valence-electron chi connectivity index (χ0n) is 9.79. The monoisotopic (exact) mass is 287 g/mol. The number of rotatable bonds is 7. The Labute approximate surface area is 112 Å². The fourth-order valence-electron chi connectivity index (χ4n) is 1.41. The summed E-state index contributed by atoms with van der Waals surface area (Å²) < 4.78 is 25.2. The number of aromatic nitrogens is 1. The number of halogens is 1. The van der Waals surface area contributed by atoms with Gasteiger partial charge in [0.1, 0.15) is 0 Å². The Morgan fingerprint density at radius 3 is 2.83 bits per heavy atom. The summed E-state index contributed by atoms with van der Waals surface area (Å²) in [4.78, 5) is 3.93. The Morgan fingerprint density at radius 1 is 1.50 bits per heavy atom. The first kappa shape index (κ1) is 14.9. The van der Waals surface area contributed by atoms with E-state index in [1.54, 1.807) is 24.5 Å². The Bertz CT molecular complexity index is 499. The maximum Gasteiger partial charge on any atom is 0.215 e. The van der Waals surface area contributed by atoms with Crippen molar-refractivity contribution in [2.75, 3.05) is 18.2 Å². The topological polar surface area (TPSA) is 74.1 Å². The van der Waals surface area contributed by atoms with Crippen LogP contribution in [-0.2, 0) is 16.6 Å². The zero-order chi connectivity index (χ0) is 13.4. The normalized spacial score (nSPS) is 11.4. The van der Waals surface area contributed by atoms with Crippen molar-refractivity contribution < 1.29 is 8.42 Å². The molecule has 0 unspecified atom stereocenters. The fraction of sp³-hybridized carbons (Fsp3) is 0.455. The highest BCUT2D eigenvalue weighted by atomic mass is 35.5. The van der Waals surface area contributed by atoms with Gasteiger partial charge in [-0.1, -0.05) is 6.07 Å². The summed E-state index contributed by atoms with van der Waals surface area (Å²) in [6.07, 6.45) is 3.38. The molecule has 0 amide bonds. The number of hydrogen-bond donors (Lipinski definition) is 0. The number of nitrogens with zero attached hydrogens (tertiary/aromatic N) is 3. The van der Waals surface area contributed by atoms with Crippen molar-refractivity contribution in [3.05, 3.63) is 30.1 Å². The summed E-state index contributed by atoms with van der Waals surface area (Å²) in [6.45, 7) is 0.388. The number of hydrogen-bond acceptors (Lipinski definition) is 4. The summed E-state index contributed by atoms with van der Waals surface area (Å²) >= 11 is 5.48. The van der Waals surface area contributed by atoms with E-state index in [-0.39, 0.29) is 31.1 Å². The molecule has 0 aliphatic carbocycles. The number of alkyl halides is 1. The first-order chi connectivity index (χ1) is 8.60. The molecular weight excluding hydrogens is 274 g/mol. The molecular formula is C11H14ClN3O2S. The van der Waals surface area contributed by atoms with Gasteiger partial charge in [-0.3, -0.25) is 4.98 Å². The largest absolute Gasteiger partial charge is 0.264 e. The van der Waals surface area contributed by atoms with Gasteiger partial charge in [-0.05, 0) is 11.6 Å². The van der Waals surface area contributed by atoms with Crippen LogP contribution in [0.4, 0.5) is 0 Å². The average molecular weight is 288 g/mol. The van der Waals surface area contributed by atoms with Gasteiger partial charge >= 0.3 is 0 Å². The van der Waals surface area contributed by atoms with E-state index >= 15 is 0 Å². The number of sulfonamides is 1. The molecule has 0 saturated heterocycles. The van der Waals surface area contributed by atoms with Crippen LogP contribution in [0.5, 0.6) is 0 Å². The first-order valence-electron chi connectivity index (χ1n) is 5.40. The highest BCUT2D eigenvalue weighted by Gasteiger charge is 2.21. The van der Waals surface area contributed by atoms with Gasteiger partial charge in [0.15, 0.2) is 0 Å². The van der Waals surface area contributed by atoms with Crippen LogP contribution in [0.25, 0.3) is 0 Å². The Kier molecular flexibility index (Phi) is 6.05. The molecule has 0 spiro atoms. The third kappa shape index (κ3) is 4.61. The number of pyridine rings is 1. The van der Waals surface area contributed by atoms with Crippen LogP contribution in [0.2, 0.25) is 0 Å². The summed E-state index contributed by atoms with van der Waals surface area (Å²) in [5, 5.41) is 8.57. The van der Waals surface area contributed by atoms with Crippen molar-refractivity contribution in [3.8, 4) is 6.07 Å². The Morgan fingerprint density at radius 2 is 2.28 bits per heavy atom. The predicted molar refractivity (Wildman–Crippen MR) is 69.4 cm³/mol. The quantitative estimate of drug-likeness (QED) is 0.710. The molecule has 0 fully saturated rings. The average Bonchev–Trinajstić information content (AvgIpc) is 2.35. The van der Waals surface area contributed by atoms with Crippen LogP contribution in [0, 0.1) is 11.3 Å². The molecule has 0 atom stereocenters. The van der Waals surface area contributed by atoms with Crippen molar-refractivity contribution >= 4 is 21.6 Å². The molecule has 0 radical (unpaired) electrons. The molecule has 1 aromatic heterocycles. The Balaban J connectivity index is 2.83. The van der Waals surface area contributed by atoms with Gasteiger partial charge < -0.3 is 0 Å². The predicted octanol–water partition coefficient (Wildman–Crippen LogP) is 1.37. The highest BCUT2D eigenvalue weighted by molar-refractivity contribution is 7.89. The molecule has 0 saturated carbocycles. The van der Waals surface area contributed by atoms with Crippen molar-refractivity contribution in [3.63, 3.8) is 0 Å². The summed E-state index contributed by atoms with van der Waals surface area (Å²) in [6, 6.07) is 5.48. The lowest BCUT2D eigenvalue weighted by Gasteiger charge is -2.20. The van der Waals surface area contributed by atoms with Crippen molar-refractivity contribution in [1.29, 1.82) is 5.26 Å². The van der Waals surface area contributed by atoms with Gasteiger partial charge in [-0.25, -0.2) is 8.42 Å². The van der Waals surface area contributed by atoms with E-state index in [9.17, 15) is 8.42 Å². The van der Waals surface area contributed by atoms with E-state index in [1.165, 1.54) is 4.31 Å². The molecule has 1 rings (SSSR count). The van der Waals surface area contributed by atoms with Gasteiger partial charge in [-0.2, -0.15) is 9.57 Å². The SMILES string of the molecule is N#CCCN(Cc1cccnc1)S(=O)(=O)CCCl. The van der Waals surface area contributed by atoms with Crippen LogP contribution < -0.4 is 0 Å². The highest BCUT2D eigenvalue weighted by Crippen LogP contribution is 2.10. The first-order valence-corrected chi connectivity index (χ1v) is 7.54. The van der Waals surface area contributed by atoms with Crippen LogP contribution in [0.15, 0.2) is 24.5 Å². The second-order valence-electron chi connectivity index (χ2n) is 3.61. The van der Waals surface area contributed by atoms with Gasteiger partial charge in [0.2, 0.25) is 10.0 Å². The molecule has 5 nitrogen and oxygen atoms in total.